The van der Waals surface area contributed by atoms with Gasteiger partial charge in [-0.15, -0.1) is 0 Å². The smallest absolute Gasteiger partial charge is 0.0687 e. The highest BCUT2D eigenvalue weighted by Crippen LogP contribution is 2.30. The Morgan fingerprint density at radius 1 is 1.13 bits per heavy atom. The van der Waals surface area contributed by atoms with Crippen LogP contribution in [0, 0.1) is 0 Å². The Labute approximate surface area is 88.7 Å². The molecule has 0 saturated carbocycles. The first-order valence-corrected chi connectivity index (χ1v) is 5.21. The highest BCUT2D eigenvalue weighted by atomic mass is 16.3. The van der Waals surface area contributed by atoms with Crippen LogP contribution in [-0.4, -0.2) is 5.11 Å². The van der Waals surface area contributed by atoms with Crippen LogP contribution in [0.15, 0.2) is 36.4 Å². The van der Waals surface area contributed by atoms with Gasteiger partial charge in [-0.1, -0.05) is 42.5 Å². The molecule has 0 bridgehead atoms. The Kier molecular flexibility index (Phi) is 1.86. The third-order valence-electron chi connectivity index (χ3n) is 3.05. The van der Waals surface area contributed by atoms with E-state index in [-0.39, 0.29) is 6.61 Å². The SMILES string of the molecule is OCc1ccc2cccc3c2c1C=CC3. The molecule has 0 fully saturated rings. The minimum absolute atomic E-state index is 0.115. The molecule has 2 aromatic carbocycles. The van der Waals surface area contributed by atoms with Gasteiger partial charge in [0.2, 0.25) is 0 Å². The van der Waals surface area contributed by atoms with Gasteiger partial charge < -0.3 is 5.11 Å². The van der Waals surface area contributed by atoms with Crippen molar-refractivity contribution in [2.24, 2.45) is 0 Å². The van der Waals surface area contributed by atoms with Crippen LogP contribution >= 0.6 is 0 Å². The monoisotopic (exact) mass is 196 g/mol. The van der Waals surface area contributed by atoms with Gasteiger partial charge in [-0.25, -0.2) is 0 Å². The van der Waals surface area contributed by atoms with Crippen LogP contribution in [0.5, 0.6) is 0 Å². The van der Waals surface area contributed by atoms with Gasteiger partial charge in [0, 0.05) is 0 Å². The largest absolute Gasteiger partial charge is 0.392 e. The van der Waals surface area contributed by atoms with Gasteiger partial charge in [-0.3, -0.25) is 0 Å². The van der Waals surface area contributed by atoms with E-state index in [9.17, 15) is 5.11 Å². The quantitative estimate of drug-likeness (QED) is 0.743. The topological polar surface area (TPSA) is 20.2 Å². The van der Waals surface area contributed by atoms with Crippen molar-refractivity contribution in [3.63, 3.8) is 0 Å². The van der Waals surface area contributed by atoms with Crippen molar-refractivity contribution < 1.29 is 5.11 Å². The molecule has 1 heteroatoms. The number of aliphatic hydroxyl groups is 1. The van der Waals surface area contributed by atoms with E-state index in [4.69, 9.17) is 0 Å². The molecule has 0 amide bonds. The number of hydrogen-bond donors (Lipinski definition) is 1. The normalized spacial score (nSPS) is 13.4. The van der Waals surface area contributed by atoms with Gasteiger partial charge in [0.15, 0.2) is 0 Å². The summed E-state index contributed by atoms with van der Waals surface area (Å²) in [4.78, 5) is 0. The fourth-order valence-corrected chi connectivity index (χ4v) is 2.33. The van der Waals surface area contributed by atoms with Gasteiger partial charge >= 0.3 is 0 Å². The summed E-state index contributed by atoms with van der Waals surface area (Å²) in [6, 6.07) is 10.5. The van der Waals surface area contributed by atoms with Gasteiger partial charge in [-0.2, -0.15) is 0 Å². The van der Waals surface area contributed by atoms with Crippen molar-refractivity contribution in [2.75, 3.05) is 0 Å². The van der Waals surface area contributed by atoms with E-state index in [1.165, 1.54) is 21.9 Å². The molecule has 0 atom stereocenters. The van der Waals surface area contributed by atoms with E-state index in [0.29, 0.717) is 0 Å². The Morgan fingerprint density at radius 3 is 2.93 bits per heavy atom. The number of rotatable bonds is 1. The fraction of sp³-hybridized carbons (Fsp3) is 0.143. The zero-order valence-electron chi connectivity index (χ0n) is 8.40. The highest BCUT2D eigenvalue weighted by Gasteiger charge is 2.10. The summed E-state index contributed by atoms with van der Waals surface area (Å²) in [5, 5.41) is 11.9. The maximum atomic E-state index is 9.29. The highest BCUT2D eigenvalue weighted by molar-refractivity contribution is 5.96. The second-order valence-electron chi connectivity index (χ2n) is 3.92. The molecule has 1 aliphatic carbocycles. The molecule has 1 N–H and O–H groups in total. The van der Waals surface area contributed by atoms with Gasteiger partial charge in [0.25, 0.3) is 0 Å². The molecule has 74 valence electrons. The summed E-state index contributed by atoms with van der Waals surface area (Å²) >= 11 is 0. The number of allylic oxidation sites excluding steroid dienone is 1. The standard InChI is InChI=1S/C14H12O/c15-9-12-8-7-11-4-1-3-10-5-2-6-13(12)14(10)11/h1-4,6-8,15H,5,9H2. The van der Waals surface area contributed by atoms with Crippen LogP contribution < -0.4 is 0 Å². The van der Waals surface area contributed by atoms with Crippen LogP contribution in [0.3, 0.4) is 0 Å². The average molecular weight is 196 g/mol. The maximum absolute atomic E-state index is 9.29. The van der Waals surface area contributed by atoms with Crippen molar-refractivity contribution >= 4 is 16.8 Å². The van der Waals surface area contributed by atoms with E-state index in [0.717, 1.165) is 12.0 Å². The Balaban J connectivity index is 2.48. The van der Waals surface area contributed by atoms with Gasteiger partial charge in [0.1, 0.15) is 0 Å². The van der Waals surface area contributed by atoms with Crippen LogP contribution in [0.25, 0.3) is 16.8 Å². The fourth-order valence-electron chi connectivity index (χ4n) is 2.33. The molecule has 15 heavy (non-hydrogen) atoms. The molecule has 3 rings (SSSR count). The second-order valence-corrected chi connectivity index (χ2v) is 3.92. The predicted octanol–water partition coefficient (Wildman–Crippen LogP) is 2.90. The minimum Gasteiger partial charge on any atom is -0.392 e. The number of benzene rings is 2. The zero-order chi connectivity index (χ0) is 10.3. The molecule has 0 heterocycles. The van der Waals surface area contributed by atoms with E-state index in [2.05, 4.69) is 36.4 Å². The van der Waals surface area contributed by atoms with Crippen LogP contribution in [0.1, 0.15) is 16.7 Å². The summed E-state index contributed by atoms with van der Waals surface area (Å²) in [6.45, 7) is 0.115. The minimum atomic E-state index is 0.115. The Hall–Kier alpha value is -1.60. The summed E-state index contributed by atoms with van der Waals surface area (Å²) in [6.07, 6.45) is 5.29. The number of aliphatic hydroxyl groups excluding tert-OH is 1. The van der Waals surface area contributed by atoms with Crippen LogP contribution in [-0.2, 0) is 13.0 Å². The van der Waals surface area contributed by atoms with Crippen LogP contribution in [0.2, 0.25) is 0 Å². The molecule has 0 saturated heterocycles. The summed E-state index contributed by atoms with van der Waals surface area (Å²) in [5.74, 6) is 0. The lowest BCUT2D eigenvalue weighted by Gasteiger charge is -2.15. The number of hydrogen-bond acceptors (Lipinski definition) is 1. The zero-order valence-corrected chi connectivity index (χ0v) is 8.40. The van der Waals surface area contributed by atoms with E-state index >= 15 is 0 Å². The first kappa shape index (κ1) is 8.69. The van der Waals surface area contributed by atoms with Gasteiger partial charge in [-0.05, 0) is 33.9 Å². The summed E-state index contributed by atoms with van der Waals surface area (Å²) in [5.41, 5.74) is 3.57. The molecular weight excluding hydrogens is 184 g/mol. The van der Waals surface area contributed by atoms with Gasteiger partial charge in [0.05, 0.1) is 6.61 Å². The average Bonchev–Trinajstić information content (AvgIpc) is 2.30. The molecule has 1 aliphatic rings. The molecule has 0 aliphatic heterocycles. The lowest BCUT2D eigenvalue weighted by Crippen LogP contribution is -1.97. The van der Waals surface area contributed by atoms with Crippen LogP contribution in [0.4, 0.5) is 0 Å². The van der Waals surface area contributed by atoms with Crippen molar-refractivity contribution in [3.8, 4) is 0 Å². The molecule has 0 spiro atoms. The summed E-state index contributed by atoms with van der Waals surface area (Å²) in [7, 11) is 0. The van der Waals surface area contributed by atoms with E-state index < -0.39 is 0 Å². The summed E-state index contributed by atoms with van der Waals surface area (Å²) < 4.78 is 0. The molecule has 0 radical (unpaired) electrons. The lowest BCUT2D eigenvalue weighted by molar-refractivity contribution is 0.282. The van der Waals surface area contributed by atoms with E-state index in [1.807, 2.05) is 6.07 Å². The molecule has 0 aromatic heterocycles. The Bertz CT molecular complexity index is 553. The van der Waals surface area contributed by atoms with Crippen molar-refractivity contribution in [1.29, 1.82) is 0 Å². The van der Waals surface area contributed by atoms with Crippen molar-refractivity contribution in [3.05, 3.63) is 53.1 Å². The third-order valence-corrected chi connectivity index (χ3v) is 3.05. The third kappa shape index (κ3) is 1.20. The lowest BCUT2D eigenvalue weighted by atomic mass is 9.90. The molecule has 2 aromatic rings. The Morgan fingerprint density at radius 2 is 2.07 bits per heavy atom. The maximum Gasteiger partial charge on any atom is 0.0687 e. The van der Waals surface area contributed by atoms with E-state index in [1.54, 1.807) is 0 Å². The predicted molar refractivity (Wildman–Crippen MR) is 62.6 cm³/mol. The molecule has 1 nitrogen and oxygen atoms in total. The van der Waals surface area contributed by atoms with Crippen molar-refractivity contribution in [2.45, 2.75) is 13.0 Å². The molecule has 0 unspecified atom stereocenters. The first-order valence-electron chi connectivity index (χ1n) is 5.21. The first-order chi connectivity index (χ1) is 7.40. The second kappa shape index (κ2) is 3.21. The molecular formula is C14H12O. The van der Waals surface area contributed by atoms with Crippen molar-refractivity contribution in [1.82, 2.24) is 0 Å².